The van der Waals surface area contributed by atoms with Crippen LogP contribution in [0.5, 0.6) is 0 Å². The summed E-state index contributed by atoms with van der Waals surface area (Å²) >= 11 is 5.91. The van der Waals surface area contributed by atoms with Crippen molar-refractivity contribution in [3.63, 3.8) is 0 Å². The molecule has 2 N–H and O–H groups in total. The third kappa shape index (κ3) is 2.71. The lowest BCUT2D eigenvalue weighted by Gasteiger charge is -2.06. The van der Waals surface area contributed by atoms with Crippen LogP contribution in [0, 0.1) is 13.8 Å². The molecule has 0 bridgehead atoms. The monoisotopic (exact) mass is 259 g/mol. The molecule has 0 atom stereocenters. The largest absolute Gasteiger partial charge is 0.399 e. The van der Waals surface area contributed by atoms with Gasteiger partial charge in [-0.1, -0.05) is 28.8 Å². The van der Waals surface area contributed by atoms with E-state index in [0.717, 1.165) is 11.1 Å². The maximum Gasteiger partial charge on any atom is 0.193 e. The Hall–Kier alpha value is -1.80. The first kappa shape index (κ1) is 12.7. The molecule has 0 unspecified atom stereocenters. The molecule has 0 aliphatic carbocycles. The van der Waals surface area contributed by atoms with Crippen molar-refractivity contribution in [2.75, 3.05) is 5.73 Å². The summed E-state index contributed by atoms with van der Waals surface area (Å²) in [4.78, 5) is 12.3. The van der Waals surface area contributed by atoms with E-state index >= 15 is 0 Å². The van der Waals surface area contributed by atoms with E-state index in [-0.39, 0.29) is 5.78 Å². The molecule has 0 saturated carbocycles. The molecule has 0 saturated heterocycles. The normalized spacial score (nSPS) is 10.4. The highest BCUT2D eigenvalue weighted by Crippen LogP contribution is 2.20. The molecule has 2 aromatic rings. The van der Waals surface area contributed by atoms with Gasteiger partial charge in [-0.05, 0) is 44.2 Å². The maximum absolute atomic E-state index is 12.3. The first-order valence-corrected chi connectivity index (χ1v) is 6.02. The van der Waals surface area contributed by atoms with E-state index in [1.54, 1.807) is 18.2 Å². The number of ketones is 1. The Kier molecular flexibility index (Phi) is 3.39. The van der Waals surface area contributed by atoms with Crippen LogP contribution in [-0.2, 0) is 0 Å². The summed E-state index contributed by atoms with van der Waals surface area (Å²) in [6.45, 7) is 3.94. The second-order valence-electron chi connectivity index (χ2n) is 4.48. The van der Waals surface area contributed by atoms with Gasteiger partial charge >= 0.3 is 0 Å². The molecule has 0 amide bonds. The minimum absolute atomic E-state index is 0.0593. The van der Waals surface area contributed by atoms with Gasteiger partial charge in [0, 0.05) is 21.8 Å². The average molecular weight is 260 g/mol. The fourth-order valence-electron chi connectivity index (χ4n) is 2.02. The molecule has 18 heavy (non-hydrogen) atoms. The van der Waals surface area contributed by atoms with E-state index in [1.165, 1.54) is 0 Å². The summed E-state index contributed by atoms with van der Waals surface area (Å²) in [5.41, 5.74) is 9.50. The Morgan fingerprint density at radius 3 is 2.06 bits per heavy atom. The molecular formula is C15H14ClNO. The molecule has 3 heteroatoms. The molecule has 0 radical (unpaired) electrons. The molecule has 0 spiro atoms. The summed E-state index contributed by atoms with van der Waals surface area (Å²) in [5.74, 6) is -0.0593. The minimum Gasteiger partial charge on any atom is -0.399 e. The molecule has 0 heterocycles. The van der Waals surface area contributed by atoms with E-state index in [1.807, 2.05) is 32.0 Å². The number of aryl methyl sites for hydroxylation is 2. The maximum atomic E-state index is 12.3. The summed E-state index contributed by atoms with van der Waals surface area (Å²) in [7, 11) is 0. The molecular weight excluding hydrogens is 246 g/mol. The van der Waals surface area contributed by atoms with Crippen molar-refractivity contribution < 1.29 is 4.79 Å². The topological polar surface area (TPSA) is 43.1 Å². The van der Waals surface area contributed by atoms with Gasteiger partial charge in [-0.25, -0.2) is 0 Å². The number of carbonyl (C=O) groups is 1. The average Bonchev–Trinajstić information content (AvgIpc) is 2.25. The Morgan fingerprint density at radius 1 is 0.944 bits per heavy atom. The summed E-state index contributed by atoms with van der Waals surface area (Å²) in [5, 5.41) is 0.475. The first-order valence-electron chi connectivity index (χ1n) is 5.65. The van der Waals surface area contributed by atoms with Crippen LogP contribution < -0.4 is 5.73 Å². The van der Waals surface area contributed by atoms with Gasteiger partial charge in [-0.2, -0.15) is 0 Å². The quantitative estimate of drug-likeness (QED) is 0.659. The van der Waals surface area contributed by atoms with E-state index in [4.69, 9.17) is 17.3 Å². The van der Waals surface area contributed by atoms with Gasteiger partial charge in [-0.15, -0.1) is 0 Å². The zero-order valence-corrected chi connectivity index (χ0v) is 11.1. The number of nitrogens with two attached hydrogens (primary N) is 1. The zero-order valence-electron chi connectivity index (χ0n) is 10.3. The van der Waals surface area contributed by atoms with Crippen molar-refractivity contribution in [1.29, 1.82) is 0 Å². The Morgan fingerprint density at radius 2 is 1.50 bits per heavy atom. The van der Waals surface area contributed by atoms with Gasteiger partial charge in [0.1, 0.15) is 0 Å². The van der Waals surface area contributed by atoms with Gasteiger partial charge in [-0.3, -0.25) is 4.79 Å². The van der Waals surface area contributed by atoms with E-state index in [9.17, 15) is 4.79 Å². The van der Waals surface area contributed by atoms with Gasteiger partial charge in [0.2, 0.25) is 0 Å². The van der Waals surface area contributed by atoms with Crippen molar-refractivity contribution in [3.8, 4) is 0 Å². The number of hydrogen-bond donors (Lipinski definition) is 1. The van der Waals surface area contributed by atoms with Crippen LogP contribution in [0.3, 0.4) is 0 Å². The lowest BCUT2D eigenvalue weighted by Crippen LogP contribution is -2.03. The Labute approximate surface area is 111 Å². The van der Waals surface area contributed by atoms with E-state index in [0.29, 0.717) is 21.8 Å². The van der Waals surface area contributed by atoms with Crippen molar-refractivity contribution in [1.82, 2.24) is 0 Å². The molecule has 0 aliphatic heterocycles. The van der Waals surface area contributed by atoms with Crippen molar-refractivity contribution in [3.05, 3.63) is 63.7 Å². The molecule has 0 aromatic heterocycles. The van der Waals surface area contributed by atoms with Crippen LogP contribution in [0.25, 0.3) is 0 Å². The smallest absolute Gasteiger partial charge is 0.193 e. The number of rotatable bonds is 2. The molecule has 2 aromatic carbocycles. The van der Waals surface area contributed by atoms with Gasteiger partial charge in [0.25, 0.3) is 0 Å². The van der Waals surface area contributed by atoms with Crippen molar-refractivity contribution in [2.45, 2.75) is 13.8 Å². The van der Waals surface area contributed by atoms with Gasteiger partial charge in [0.05, 0.1) is 0 Å². The minimum atomic E-state index is -0.0593. The van der Waals surface area contributed by atoms with Crippen LogP contribution in [-0.4, -0.2) is 5.78 Å². The van der Waals surface area contributed by atoms with E-state index < -0.39 is 0 Å². The van der Waals surface area contributed by atoms with E-state index in [2.05, 4.69) is 0 Å². The predicted molar refractivity (Wildman–Crippen MR) is 75.2 cm³/mol. The number of carbonyl (C=O) groups excluding carboxylic acids is 1. The fourth-order valence-corrected chi connectivity index (χ4v) is 2.26. The standard InChI is InChI=1S/C15H14ClNO/c1-9-3-10(2)5-11(4-9)15(18)12-6-13(16)8-14(17)7-12/h3-8H,17H2,1-2H3. The predicted octanol–water partition coefficient (Wildman–Crippen LogP) is 3.77. The molecule has 2 rings (SSSR count). The lowest BCUT2D eigenvalue weighted by molar-refractivity contribution is 0.103. The molecule has 0 aliphatic rings. The Bertz CT molecular complexity index is 526. The number of nitrogen functional groups attached to an aromatic ring is 1. The number of benzene rings is 2. The van der Waals surface area contributed by atoms with Crippen LogP contribution in [0.4, 0.5) is 5.69 Å². The molecule has 92 valence electrons. The van der Waals surface area contributed by atoms with Gasteiger partial charge in [0.15, 0.2) is 5.78 Å². The SMILES string of the molecule is Cc1cc(C)cc(C(=O)c2cc(N)cc(Cl)c2)c1. The highest BCUT2D eigenvalue weighted by atomic mass is 35.5. The number of hydrogen-bond acceptors (Lipinski definition) is 2. The highest BCUT2D eigenvalue weighted by Gasteiger charge is 2.11. The number of anilines is 1. The third-order valence-corrected chi connectivity index (χ3v) is 2.88. The summed E-state index contributed by atoms with van der Waals surface area (Å²) < 4.78 is 0. The van der Waals surface area contributed by atoms with Crippen LogP contribution in [0.1, 0.15) is 27.0 Å². The molecule has 2 nitrogen and oxygen atoms in total. The number of halogens is 1. The second-order valence-corrected chi connectivity index (χ2v) is 4.92. The van der Waals surface area contributed by atoms with Crippen molar-refractivity contribution >= 4 is 23.1 Å². The van der Waals surface area contributed by atoms with Crippen molar-refractivity contribution in [2.24, 2.45) is 0 Å². The Balaban J connectivity index is 2.47. The van der Waals surface area contributed by atoms with Gasteiger partial charge < -0.3 is 5.73 Å². The summed E-state index contributed by atoms with van der Waals surface area (Å²) in [6, 6.07) is 10.7. The molecule has 0 fully saturated rings. The zero-order chi connectivity index (χ0) is 13.3. The highest BCUT2D eigenvalue weighted by molar-refractivity contribution is 6.31. The summed E-state index contributed by atoms with van der Waals surface area (Å²) in [6.07, 6.45) is 0. The second kappa shape index (κ2) is 4.83. The fraction of sp³-hybridized carbons (Fsp3) is 0.133. The lowest BCUT2D eigenvalue weighted by atomic mass is 9.99. The first-order chi connectivity index (χ1) is 8.45. The van der Waals surface area contributed by atoms with Crippen LogP contribution in [0.15, 0.2) is 36.4 Å². The van der Waals surface area contributed by atoms with Crippen LogP contribution >= 0.6 is 11.6 Å². The third-order valence-electron chi connectivity index (χ3n) is 2.67. The van der Waals surface area contributed by atoms with Crippen LogP contribution in [0.2, 0.25) is 5.02 Å².